The Bertz CT molecular complexity index is 1140. The number of amides is 1. The van der Waals surface area contributed by atoms with Crippen LogP contribution in [0.3, 0.4) is 0 Å². The van der Waals surface area contributed by atoms with Crippen LogP contribution in [0.2, 0.25) is 0 Å². The highest BCUT2D eigenvalue weighted by Gasteiger charge is 2.31. The van der Waals surface area contributed by atoms with Crippen LogP contribution in [0.15, 0.2) is 84.9 Å². The predicted molar refractivity (Wildman–Crippen MR) is 138 cm³/mol. The summed E-state index contributed by atoms with van der Waals surface area (Å²) in [7, 11) is 0. The molecule has 1 heterocycles. The standard InChI is InChI=1S/C31H33NO2/c33-31-29-17-9-7-14-27(29)23-32(31)22-25-20-19-24(21-25)11-3-1-4-12-26-13-8-10-18-30(26)34-28-15-5-2-6-16-28/h2,4-10,12-18,24-25H,1,3,11,19-23H2/b12-4+. The number of carbonyl (C=O) groups excluding carboxylic acids is 1. The first-order valence-electron chi connectivity index (χ1n) is 12.6. The maximum absolute atomic E-state index is 12.7. The van der Waals surface area contributed by atoms with Crippen molar-refractivity contribution >= 4 is 12.0 Å². The first-order valence-corrected chi connectivity index (χ1v) is 12.6. The average Bonchev–Trinajstić information content (AvgIpc) is 3.45. The highest BCUT2D eigenvalue weighted by molar-refractivity contribution is 5.98. The van der Waals surface area contributed by atoms with Gasteiger partial charge in [0.25, 0.3) is 5.91 Å². The second-order valence-corrected chi connectivity index (χ2v) is 9.67. The molecule has 3 aromatic carbocycles. The molecule has 0 bridgehead atoms. The minimum Gasteiger partial charge on any atom is -0.457 e. The summed E-state index contributed by atoms with van der Waals surface area (Å²) in [5.41, 5.74) is 3.20. The lowest BCUT2D eigenvalue weighted by atomic mass is 9.98. The molecule has 34 heavy (non-hydrogen) atoms. The molecule has 2 unspecified atom stereocenters. The molecule has 1 saturated carbocycles. The minimum absolute atomic E-state index is 0.223. The van der Waals surface area contributed by atoms with Crippen molar-refractivity contribution in [1.29, 1.82) is 0 Å². The molecule has 2 aliphatic rings. The smallest absolute Gasteiger partial charge is 0.254 e. The van der Waals surface area contributed by atoms with Gasteiger partial charge in [0.2, 0.25) is 0 Å². The van der Waals surface area contributed by atoms with Crippen molar-refractivity contribution in [3.8, 4) is 11.5 Å². The van der Waals surface area contributed by atoms with Gasteiger partial charge >= 0.3 is 0 Å². The number of para-hydroxylation sites is 2. The molecule has 1 aliphatic heterocycles. The average molecular weight is 452 g/mol. The van der Waals surface area contributed by atoms with Gasteiger partial charge in [-0.1, -0.05) is 79.6 Å². The molecule has 1 amide bonds. The number of hydrogen-bond donors (Lipinski definition) is 0. The van der Waals surface area contributed by atoms with Crippen LogP contribution in [0.25, 0.3) is 6.08 Å². The summed E-state index contributed by atoms with van der Waals surface area (Å²) in [4.78, 5) is 14.7. The lowest BCUT2D eigenvalue weighted by Gasteiger charge is -2.20. The van der Waals surface area contributed by atoms with Crippen LogP contribution in [0.4, 0.5) is 0 Å². The molecule has 174 valence electrons. The molecule has 2 atom stereocenters. The van der Waals surface area contributed by atoms with Gasteiger partial charge in [-0.05, 0) is 67.3 Å². The molecule has 1 aliphatic carbocycles. The van der Waals surface area contributed by atoms with E-state index < -0.39 is 0 Å². The van der Waals surface area contributed by atoms with E-state index in [-0.39, 0.29) is 5.91 Å². The zero-order chi connectivity index (χ0) is 23.2. The monoisotopic (exact) mass is 451 g/mol. The van der Waals surface area contributed by atoms with Crippen LogP contribution < -0.4 is 4.74 Å². The number of nitrogens with zero attached hydrogens (tertiary/aromatic N) is 1. The van der Waals surface area contributed by atoms with E-state index in [1.807, 2.05) is 60.7 Å². The van der Waals surface area contributed by atoms with Gasteiger partial charge in [-0.15, -0.1) is 0 Å². The van der Waals surface area contributed by atoms with Gasteiger partial charge in [0, 0.05) is 24.2 Å². The number of fused-ring (bicyclic) bond motifs is 1. The summed E-state index contributed by atoms with van der Waals surface area (Å²) in [6.07, 6.45) is 11.9. The van der Waals surface area contributed by atoms with Crippen LogP contribution in [0, 0.1) is 11.8 Å². The highest BCUT2D eigenvalue weighted by Crippen LogP contribution is 2.36. The number of hydrogen-bond acceptors (Lipinski definition) is 2. The molecule has 3 heteroatoms. The van der Waals surface area contributed by atoms with Gasteiger partial charge < -0.3 is 9.64 Å². The third kappa shape index (κ3) is 5.41. The molecule has 0 saturated heterocycles. The fourth-order valence-electron chi connectivity index (χ4n) is 5.44. The highest BCUT2D eigenvalue weighted by atomic mass is 16.5. The Morgan fingerprint density at radius 1 is 0.882 bits per heavy atom. The van der Waals surface area contributed by atoms with Crippen molar-refractivity contribution < 1.29 is 9.53 Å². The van der Waals surface area contributed by atoms with Crippen molar-refractivity contribution in [2.24, 2.45) is 11.8 Å². The Balaban J connectivity index is 1.05. The Labute approximate surface area is 203 Å². The fourth-order valence-corrected chi connectivity index (χ4v) is 5.44. The summed E-state index contributed by atoms with van der Waals surface area (Å²) < 4.78 is 6.06. The molecule has 5 rings (SSSR count). The largest absolute Gasteiger partial charge is 0.457 e. The Kier molecular flexibility index (Phi) is 7.09. The number of rotatable bonds is 9. The van der Waals surface area contributed by atoms with Crippen LogP contribution in [-0.2, 0) is 6.54 Å². The van der Waals surface area contributed by atoms with Crippen molar-refractivity contribution in [3.63, 3.8) is 0 Å². The summed E-state index contributed by atoms with van der Waals surface area (Å²) in [6.45, 7) is 1.71. The molecular weight excluding hydrogens is 418 g/mol. The van der Waals surface area contributed by atoms with E-state index in [0.29, 0.717) is 5.92 Å². The van der Waals surface area contributed by atoms with Crippen molar-refractivity contribution in [3.05, 3.63) is 102 Å². The van der Waals surface area contributed by atoms with Crippen LogP contribution in [0.1, 0.15) is 60.0 Å². The van der Waals surface area contributed by atoms with E-state index in [4.69, 9.17) is 4.74 Å². The van der Waals surface area contributed by atoms with Gasteiger partial charge in [0.15, 0.2) is 0 Å². The topological polar surface area (TPSA) is 29.5 Å². The number of benzene rings is 3. The predicted octanol–water partition coefficient (Wildman–Crippen LogP) is 7.73. The fraction of sp³-hybridized carbons (Fsp3) is 0.323. The summed E-state index contributed by atoms with van der Waals surface area (Å²) in [6, 6.07) is 26.2. The van der Waals surface area contributed by atoms with E-state index in [2.05, 4.69) is 35.3 Å². The van der Waals surface area contributed by atoms with Crippen LogP contribution in [-0.4, -0.2) is 17.4 Å². The van der Waals surface area contributed by atoms with Gasteiger partial charge in [0.05, 0.1) is 0 Å². The lowest BCUT2D eigenvalue weighted by molar-refractivity contribution is 0.0751. The molecule has 3 aromatic rings. The van der Waals surface area contributed by atoms with Gasteiger partial charge in [0.1, 0.15) is 11.5 Å². The lowest BCUT2D eigenvalue weighted by Crippen LogP contribution is -2.29. The molecule has 0 aromatic heterocycles. The van der Waals surface area contributed by atoms with Crippen molar-refractivity contribution in [1.82, 2.24) is 4.90 Å². The molecule has 3 nitrogen and oxygen atoms in total. The zero-order valence-corrected chi connectivity index (χ0v) is 19.7. The van der Waals surface area contributed by atoms with E-state index in [1.54, 1.807) is 0 Å². The van der Waals surface area contributed by atoms with Crippen LogP contribution in [0.5, 0.6) is 11.5 Å². The second-order valence-electron chi connectivity index (χ2n) is 9.67. The zero-order valence-electron chi connectivity index (χ0n) is 19.7. The third-order valence-electron chi connectivity index (χ3n) is 7.20. The number of allylic oxidation sites excluding steroid dienone is 1. The van der Waals surface area contributed by atoms with Crippen molar-refractivity contribution in [2.75, 3.05) is 6.54 Å². The summed E-state index contributed by atoms with van der Waals surface area (Å²) >= 11 is 0. The molecule has 0 N–H and O–H groups in total. The van der Waals surface area contributed by atoms with E-state index >= 15 is 0 Å². The first kappa shape index (κ1) is 22.5. The Hall–Kier alpha value is -3.33. The quantitative estimate of drug-likeness (QED) is 0.311. The second kappa shape index (κ2) is 10.7. The maximum atomic E-state index is 12.7. The normalized spacial score (nSPS) is 19.6. The Morgan fingerprint density at radius 2 is 1.65 bits per heavy atom. The van der Waals surface area contributed by atoms with Gasteiger partial charge in [-0.25, -0.2) is 0 Å². The SMILES string of the molecule is O=C1c2ccccc2CN1CC1CCC(CCC/C=C/c2ccccc2Oc2ccccc2)C1. The number of ether oxygens (including phenoxy) is 1. The van der Waals surface area contributed by atoms with E-state index in [9.17, 15) is 4.79 Å². The molecule has 0 radical (unpaired) electrons. The van der Waals surface area contributed by atoms with Gasteiger partial charge in [-0.3, -0.25) is 4.79 Å². The molecular formula is C31H33NO2. The number of carbonyl (C=O) groups is 1. The third-order valence-corrected chi connectivity index (χ3v) is 7.20. The van der Waals surface area contributed by atoms with Gasteiger partial charge in [-0.2, -0.15) is 0 Å². The maximum Gasteiger partial charge on any atom is 0.254 e. The van der Waals surface area contributed by atoms with E-state index in [0.717, 1.165) is 48.1 Å². The molecule has 1 fully saturated rings. The van der Waals surface area contributed by atoms with Crippen LogP contribution >= 0.6 is 0 Å². The summed E-state index contributed by atoms with van der Waals surface area (Å²) in [5, 5.41) is 0. The summed E-state index contributed by atoms with van der Waals surface area (Å²) in [5.74, 6) is 3.43. The van der Waals surface area contributed by atoms with E-state index in [1.165, 1.54) is 37.7 Å². The first-order chi connectivity index (χ1) is 16.8. The van der Waals surface area contributed by atoms with Crippen molar-refractivity contribution in [2.45, 2.75) is 45.1 Å². The minimum atomic E-state index is 0.223. The molecule has 0 spiro atoms. The Morgan fingerprint density at radius 3 is 2.53 bits per heavy atom. The number of unbranched alkanes of at least 4 members (excludes halogenated alkanes) is 1.